The minimum atomic E-state index is -0.991. The Morgan fingerprint density at radius 3 is 2.50 bits per heavy atom. The average Bonchev–Trinajstić information content (AvgIpc) is 2.49. The zero-order valence-electron chi connectivity index (χ0n) is 12.4. The molecule has 0 aromatic heterocycles. The van der Waals surface area contributed by atoms with Gasteiger partial charge in [-0.1, -0.05) is 36.4 Å². The standard InChI is InChI=1S/C17H19FN2O2/c1-20(12-17(21)22)16-9-14(7-8-15(16)18)11-19-10-13-5-3-2-4-6-13/h2-9,19H,10-12H2,1H3,(H,21,22). The summed E-state index contributed by atoms with van der Waals surface area (Å²) in [7, 11) is 1.56. The summed E-state index contributed by atoms with van der Waals surface area (Å²) in [6, 6.07) is 14.7. The summed E-state index contributed by atoms with van der Waals surface area (Å²) in [4.78, 5) is 12.1. The predicted molar refractivity (Wildman–Crippen MR) is 84.3 cm³/mol. The fourth-order valence-corrected chi connectivity index (χ4v) is 2.20. The molecule has 116 valence electrons. The second-order valence-corrected chi connectivity index (χ2v) is 5.12. The number of nitrogens with one attached hydrogen (secondary N) is 1. The van der Waals surface area contributed by atoms with Crippen molar-refractivity contribution in [3.8, 4) is 0 Å². The first-order valence-corrected chi connectivity index (χ1v) is 7.02. The molecule has 0 heterocycles. The SMILES string of the molecule is CN(CC(=O)O)c1cc(CNCc2ccccc2)ccc1F. The van der Waals surface area contributed by atoms with Gasteiger partial charge in [-0.15, -0.1) is 0 Å². The van der Waals surface area contributed by atoms with Gasteiger partial charge in [-0.25, -0.2) is 4.39 Å². The van der Waals surface area contributed by atoms with E-state index in [9.17, 15) is 9.18 Å². The number of aliphatic carboxylic acids is 1. The molecule has 2 N–H and O–H groups in total. The Labute approximate surface area is 129 Å². The van der Waals surface area contributed by atoms with Gasteiger partial charge in [0.25, 0.3) is 0 Å². The van der Waals surface area contributed by atoms with Crippen molar-refractivity contribution in [2.75, 3.05) is 18.5 Å². The van der Waals surface area contributed by atoms with Crippen molar-refractivity contribution in [3.05, 3.63) is 65.5 Å². The van der Waals surface area contributed by atoms with E-state index in [0.29, 0.717) is 12.2 Å². The summed E-state index contributed by atoms with van der Waals surface area (Å²) in [5.74, 6) is -1.41. The van der Waals surface area contributed by atoms with Crippen molar-refractivity contribution >= 4 is 11.7 Å². The van der Waals surface area contributed by atoms with Crippen LogP contribution in [0.4, 0.5) is 10.1 Å². The third-order valence-electron chi connectivity index (χ3n) is 3.30. The first-order chi connectivity index (χ1) is 10.6. The number of hydrogen-bond acceptors (Lipinski definition) is 3. The van der Waals surface area contributed by atoms with E-state index in [1.807, 2.05) is 30.3 Å². The summed E-state index contributed by atoms with van der Waals surface area (Å²) in [6.07, 6.45) is 0. The fraction of sp³-hybridized carbons (Fsp3) is 0.235. The topological polar surface area (TPSA) is 52.6 Å². The molecule has 0 fully saturated rings. The number of nitrogens with zero attached hydrogens (tertiary/aromatic N) is 1. The van der Waals surface area contributed by atoms with Crippen molar-refractivity contribution in [2.45, 2.75) is 13.1 Å². The van der Waals surface area contributed by atoms with E-state index in [4.69, 9.17) is 5.11 Å². The molecule has 0 unspecified atom stereocenters. The maximum atomic E-state index is 13.8. The van der Waals surface area contributed by atoms with Crippen LogP contribution in [0.5, 0.6) is 0 Å². The van der Waals surface area contributed by atoms with Crippen LogP contribution < -0.4 is 10.2 Å². The lowest BCUT2D eigenvalue weighted by Gasteiger charge is -2.18. The molecular weight excluding hydrogens is 283 g/mol. The highest BCUT2D eigenvalue weighted by Gasteiger charge is 2.11. The van der Waals surface area contributed by atoms with E-state index in [1.54, 1.807) is 19.2 Å². The molecular formula is C17H19FN2O2. The van der Waals surface area contributed by atoms with Crippen LogP contribution in [0.3, 0.4) is 0 Å². The lowest BCUT2D eigenvalue weighted by Crippen LogP contribution is -2.26. The van der Waals surface area contributed by atoms with E-state index >= 15 is 0 Å². The maximum absolute atomic E-state index is 13.8. The smallest absolute Gasteiger partial charge is 0.323 e. The van der Waals surface area contributed by atoms with Crippen molar-refractivity contribution in [2.24, 2.45) is 0 Å². The van der Waals surface area contributed by atoms with Gasteiger partial charge in [0.05, 0.1) is 5.69 Å². The second-order valence-electron chi connectivity index (χ2n) is 5.12. The molecule has 4 nitrogen and oxygen atoms in total. The van der Waals surface area contributed by atoms with Crippen LogP contribution in [0, 0.1) is 5.82 Å². The number of anilines is 1. The quantitative estimate of drug-likeness (QED) is 0.825. The summed E-state index contributed by atoms with van der Waals surface area (Å²) in [5, 5.41) is 12.1. The van der Waals surface area contributed by atoms with Gasteiger partial charge in [-0.2, -0.15) is 0 Å². The Morgan fingerprint density at radius 1 is 1.14 bits per heavy atom. The molecule has 0 spiro atoms. The number of likely N-dealkylation sites (N-methyl/N-ethyl adjacent to an activating group) is 1. The minimum absolute atomic E-state index is 0.238. The minimum Gasteiger partial charge on any atom is -0.480 e. The zero-order chi connectivity index (χ0) is 15.9. The van der Waals surface area contributed by atoms with Gasteiger partial charge in [-0.3, -0.25) is 4.79 Å². The Balaban J connectivity index is 1.98. The second kappa shape index (κ2) is 7.56. The van der Waals surface area contributed by atoms with Crippen LogP contribution in [0.25, 0.3) is 0 Å². The monoisotopic (exact) mass is 302 g/mol. The first-order valence-electron chi connectivity index (χ1n) is 7.02. The fourth-order valence-electron chi connectivity index (χ4n) is 2.20. The molecule has 0 aliphatic rings. The van der Waals surface area contributed by atoms with Crippen LogP contribution in [-0.4, -0.2) is 24.7 Å². The summed E-state index contributed by atoms with van der Waals surface area (Å²) < 4.78 is 13.8. The average molecular weight is 302 g/mol. The molecule has 0 saturated heterocycles. The zero-order valence-corrected chi connectivity index (χ0v) is 12.4. The van der Waals surface area contributed by atoms with E-state index in [-0.39, 0.29) is 6.54 Å². The van der Waals surface area contributed by atoms with Gasteiger partial charge in [-0.05, 0) is 23.3 Å². The Morgan fingerprint density at radius 2 is 1.82 bits per heavy atom. The Kier molecular flexibility index (Phi) is 5.49. The van der Waals surface area contributed by atoms with E-state index < -0.39 is 11.8 Å². The molecule has 0 bridgehead atoms. The molecule has 5 heteroatoms. The number of carboxylic acid groups (broad SMARTS) is 1. The highest BCUT2D eigenvalue weighted by molar-refractivity contribution is 5.73. The molecule has 22 heavy (non-hydrogen) atoms. The Hall–Kier alpha value is -2.40. The third kappa shape index (κ3) is 4.56. The summed E-state index contributed by atoms with van der Waals surface area (Å²) in [5.41, 5.74) is 2.37. The van der Waals surface area contributed by atoms with E-state index in [0.717, 1.165) is 12.1 Å². The van der Waals surface area contributed by atoms with Gasteiger partial charge in [0, 0.05) is 20.1 Å². The summed E-state index contributed by atoms with van der Waals surface area (Å²) >= 11 is 0. The van der Waals surface area contributed by atoms with Gasteiger partial charge < -0.3 is 15.3 Å². The van der Waals surface area contributed by atoms with Crippen molar-refractivity contribution < 1.29 is 14.3 Å². The lowest BCUT2D eigenvalue weighted by atomic mass is 10.1. The van der Waals surface area contributed by atoms with Crippen LogP contribution >= 0.6 is 0 Å². The van der Waals surface area contributed by atoms with Crippen molar-refractivity contribution in [1.29, 1.82) is 0 Å². The van der Waals surface area contributed by atoms with Gasteiger partial charge in [0.2, 0.25) is 0 Å². The molecule has 0 atom stereocenters. The molecule has 0 saturated carbocycles. The molecule has 0 aliphatic carbocycles. The summed E-state index contributed by atoms with van der Waals surface area (Å²) in [6.45, 7) is 1.07. The van der Waals surface area contributed by atoms with Crippen molar-refractivity contribution in [3.63, 3.8) is 0 Å². The largest absolute Gasteiger partial charge is 0.480 e. The van der Waals surface area contributed by atoms with Crippen LogP contribution in [0.2, 0.25) is 0 Å². The molecule has 2 aromatic carbocycles. The molecule has 2 rings (SSSR count). The number of benzene rings is 2. The molecule has 0 aliphatic heterocycles. The Bertz CT molecular complexity index is 632. The third-order valence-corrected chi connectivity index (χ3v) is 3.30. The van der Waals surface area contributed by atoms with Crippen LogP contribution in [0.15, 0.2) is 48.5 Å². The highest BCUT2D eigenvalue weighted by atomic mass is 19.1. The number of carboxylic acids is 1. The number of rotatable bonds is 7. The highest BCUT2D eigenvalue weighted by Crippen LogP contribution is 2.19. The number of hydrogen-bond donors (Lipinski definition) is 2. The van der Waals surface area contributed by atoms with Crippen molar-refractivity contribution in [1.82, 2.24) is 5.32 Å². The number of carbonyl (C=O) groups is 1. The van der Waals surface area contributed by atoms with Crippen LogP contribution in [0.1, 0.15) is 11.1 Å². The normalized spacial score (nSPS) is 10.5. The predicted octanol–water partition coefficient (Wildman–Crippen LogP) is 2.64. The van der Waals surface area contributed by atoms with Crippen LogP contribution in [-0.2, 0) is 17.9 Å². The molecule has 2 aromatic rings. The lowest BCUT2D eigenvalue weighted by molar-refractivity contribution is -0.135. The molecule has 0 amide bonds. The van der Waals surface area contributed by atoms with Gasteiger partial charge >= 0.3 is 5.97 Å². The van der Waals surface area contributed by atoms with E-state index in [2.05, 4.69) is 5.32 Å². The van der Waals surface area contributed by atoms with E-state index in [1.165, 1.54) is 16.5 Å². The number of halogens is 1. The maximum Gasteiger partial charge on any atom is 0.323 e. The van der Waals surface area contributed by atoms with Gasteiger partial charge in [0.15, 0.2) is 0 Å². The first kappa shape index (κ1) is 16.0. The van der Waals surface area contributed by atoms with Gasteiger partial charge in [0.1, 0.15) is 12.4 Å². The molecule has 0 radical (unpaired) electrons.